The van der Waals surface area contributed by atoms with Gasteiger partial charge in [0.15, 0.2) is 0 Å². The molecule has 70 valence electrons. The number of aryl methyl sites for hydroxylation is 1. The van der Waals surface area contributed by atoms with Crippen LogP contribution in [0.3, 0.4) is 0 Å². The fourth-order valence-electron chi connectivity index (χ4n) is 1.75. The van der Waals surface area contributed by atoms with E-state index >= 15 is 0 Å². The largest absolute Gasteiger partial charge is 0.395 e. The van der Waals surface area contributed by atoms with Crippen molar-refractivity contribution >= 4 is 0 Å². The molecule has 0 amide bonds. The van der Waals surface area contributed by atoms with Gasteiger partial charge in [0.1, 0.15) is 0 Å². The van der Waals surface area contributed by atoms with Gasteiger partial charge < -0.3 is 5.11 Å². The quantitative estimate of drug-likeness (QED) is 0.724. The zero-order valence-corrected chi connectivity index (χ0v) is 7.82. The van der Waals surface area contributed by atoms with E-state index in [9.17, 15) is 0 Å². The molecule has 2 rings (SSSR count). The predicted octanol–water partition coefficient (Wildman–Crippen LogP) is 0.698. The summed E-state index contributed by atoms with van der Waals surface area (Å²) in [5, 5.41) is 8.80. The van der Waals surface area contributed by atoms with E-state index in [-0.39, 0.29) is 6.61 Å². The number of aliphatic hydroxyl groups excluding tert-OH is 1. The van der Waals surface area contributed by atoms with Gasteiger partial charge in [-0.05, 0) is 18.1 Å². The summed E-state index contributed by atoms with van der Waals surface area (Å²) >= 11 is 0. The first kappa shape index (κ1) is 8.66. The van der Waals surface area contributed by atoms with Crippen LogP contribution in [0, 0.1) is 6.92 Å². The fourth-order valence-corrected chi connectivity index (χ4v) is 1.75. The Bertz CT molecular complexity index is 312. The van der Waals surface area contributed by atoms with Crippen molar-refractivity contribution in [1.29, 1.82) is 0 Å². The molecule has 0 fully saturated rings. The fraction of sp³-hybridized carbons (Fsp3) is 0.500. The van der Waals surface area contributed by atoms with Gasteiger partial charge in [-0.3, -0.25) is 9.88 Å². The first-order chi connectivity index (χ1) is 6.29. The van der Waals surface area contributed by atoms with Crippen LogP contribution in [0.2, 0.25) is 0 Å². The molecule has 0 bridgehead atoms. The third-order valence-electron chi connectivity index (χ3n) is 2.38. The second-order valence-corrected chi connectivity index (χ2v) is 3.55. The molecule has 1 aliphatic heterocycles. The number of β-amino-alcohol motifs (C(OH)–C–C–N with tert-alkyl or cyclic N) is 1. The zero-order valence-electron chi connectivity index (χ0n) is 7.82. The summed E-state index contributed by atoms with van der Waals surface area (Å²) in [5.74, 6) is 0. The number of aliphatic hydroxyl groups is 1. The molecule has 0 aromatic carbocycles. The van der Waals surface area contributed by atoms with Crippen LogP contribution in [-0.2, 0) is 13.1 Å². The van der Waals surface area contributed by atoms with Crippen LogP contribution in [-0.4, -0.2) is 28.1 Å². The SMILES string of the molecule is Cc1cnc2c(c1)CN(CCO)C2. The summed E-state index contributed by atoms with van der Waals surface area (Å²) in [4.78, 5) is 6.57. The van der Waals surface area contributed by atoms with E-state index in [2.05, 4.69) is 22.9 Å². The van der Waals surface area contributed by atoms with Gasteiger partial charge in [-0.1, -0.05) is 6.07 Å². The van der Waals surface area contributed by atoms with E-state index in [0.29, 0.717) is 0 Å². The highest BCUT2D eigenvalue weighted by atomic mass is 16.3. The predicted molar refractivity (Wildman–Crippen MR) is 50.2 cm³/mol. The Hall–Kier alpha value is -0.930. The second-order valence-electron chi connectivity index (χ2n) is 3.55. The minimum atomic E-state index is 0.229. The molecule has 3 heteroatoms. The molecule has 0 radical (unpaired) electrons. The number of pyridine rings is 1. The topological polar surface area (TPSA) is 36.4 Å². The van der Waals surface area contributed by atoms with Gasteiger partial charge >= 0.3 is 0 Å². The molecule has 1 N–H and O–H groups in total. The van der Waals surface area contributed by atoms with Gasteiger partial charge in [-0.2, -0.15) is 0 Å². The molecule has 0 spiro atoms. The first-order valence-electron chi connectivity index (χ1n) is 4.57. The van der Waals surface area contributed by atoms with E-state index in [1.54, 1.807) is 0 Å². The van der Waals surface area contributed by atoms with E-state index in [0.717, 1.165) is 19.6 Å². The van der Waals surface area contributed by atoms with Crippen LogP contribution < -0.4 is 0 Å². The van der Waals surface area contributed by atoms with Crippen molar-refractivity contribution in [1.82, 2.24) is 9.88 Å². The Balaban J connectivity index is 2.16. The lowest BCUT2D eigenvalue weighted by Crippen LogP contribution is -2.20. The maximum absolute atomic E-state index is 8.80. The second kappa shape index (κ2) is 3.44. The van der Waals surface area contributed by atoms with Gasteiger partial charge in [-0.15, -0.1) is 0 Å². The van der Waals surface area contributed by atoms with Crippen molar-refractivity contribution in [3.63, 3.8) is 0 Å². The smallest absolute Gasteiger partial charge is 0.0589 e. The molecule has 0 saturated carbocycles. The first-order valence-corrected chi connectivity index (χ1v) is 4.57. The highest BCUT2D eigenvalue weighted by molar-refractivity contribution is 5.27. The van der Waals surface area contributed by atoms with Gasteiger partial charge in [0.2, 0.25) is 0 Å². The summed E-state index contributed by atoms with van der Waals surface area (Å²) in [6.07, 6.45) is 1.90. The summed E-state index contributed by atoms with van der Waals surface area (Å²) in [5.41, 5.74) is 3.69. The molecule has 1 aromatic rings. The minimum Gasteiger partial charge on any atom is -0.395 e. The summed E-state index contributed by atoms with van der Waals surface area (Å²) in [7, 11) is 0. The number of fused-ring (bicyclic) bond motifs is 1. The highest BCUT2D eigenvalue weighted by Crippen LogP contribution is 2.20. The monoisotopic (exact) mass is 178 g/mol. The number of aromatic nitrogens is 1. The van der Waals surface area contributed by atoms with E-state index < -0.39 is 0 Å². The normalized spacial score (nSPS) is 16.2. The van der Waals surface area contributed by atoms with Crippen LogP contribution in [0.4, 0.5) is 0 Å². The van der Waals surface area contributed by atoms with Gasteiger partial charge in [-0.25, -0.2) is 0 Å². The highest BCUT2D eigenvalue weighted by Gasteiger charge is 2.18. The van der Waals surface area contributed by atoms with Crippen molar-refractivity contribution < 1.29 is 5.11 Å². The van der Waals surface area contributed by atoms with Crippen LogP contribution in [0.1, 0.15) is 16.8 Å². The lowest BCUT2D eigenvalue weighted by Gasteiger charge is -2.10. The van der Waals surface area contributed by atoms with E-state index in [4.69, 9.17) is 5.11 Å². The minimum absolute atomic E-state index is 0.229. The van der Waals surface area contributed by atoms with E-state index in [1.807, 2.05) is 6.20 Å². The zero-order chi connectivity index (χ0) is 9.26. The van der Waals surface area contributed by atoms with E-state index in [1.165, 1.54) is 16.8 Å². The Morgan fingerprint density at radius 1 is 1.54 bits per heavy atom. The van der Waals surface area contributed by atoms with Crippen LogP contribution in [0.25, 0.3) is 0 Å². The molecule has 0 saturated heterocycles. The van der Waals surface area contributed by atoms with Gasteiger partial charge in [0, 0.05) is 25.8 Å². The van der Waals surface area contributed by atoms with Crippen LogP contribution >= 0.6 is 0 Å². The summed E-state index contributed by atoms with van der Waals surface area (Å²) in [6.45, 7) is 4.85. The van der Waals surface area contributed by atoms with Crippen molar-refractivity contribution in [2.75, 3.05) is 13.2 Å². The molecular weight excluding hydrogens is 164 g/mol. The molecule has 0 atom stereocenters. The third kappa shape index (κ3) is 1.71. The Labute approximate surface area is 78.0 Å². The van der Waals surface area contributed by atoms with Crippen molar-refractivity contribution in [2.45, 2.75) is 20.0 Å². The lowest BCUT2D eigenvalue weighted by atomic mass is 10.2. The molecule has 13 heavy (non-hydrogen) atoms. The lowest BCUT2D eigenvalue weighted by molar-refractivity contribution is 0.197. The molecule has 0 aliphatic carbocycles. The van der Waals surface area contributed by atoms with Crippen LogP contribution in [0.5, 0.6) is 0 Å². The molecule has 2 heterocycles. The average Bonchev–Trinajstić information content (AvgIpc) is 2.46. The molecular formula is C10H14N2O. The maximum atomic E-state index is 8.80. The standard InChI is InChI=1S/C10H14N2O/c1-8-4-9-6-12(2-3-13)7-10(9)11-5-8/h4-5,13H,2-3,6-7H2,1H3. The van der Waals surface area contributed by atoms with Crippen molar-refractivity contribution in [3.8, 4) is 0 Å². The van der Waals surface area contributed by atoms with Gasteiger partial charge in [0.05, 0.1) is 12.3 Å². The van der Waals surface area contributed by atoms with Crippen LogP contribution in [0.15, 0.2) is 12.3 Å². The number of hydrogen-bond acceptors (Lipinski definition) is 3. The average molecular weight is 178 g/mol. The number of nitrogens with zero attached hydrogens (tertiary/aromatic N) is 2. The Morgan fingerprint density at radius 3 is 3.15 bits per heavy atom. The molecule has 1 aromatic heterocycles. The number of rotatable bonds is 2. The van der Waals surface area contributed by atoms with Crippen molar-refractivity contribution in [2.24, 2.45) is 0 Å². The molecule has 3 nitrogen and oxygen atoms in total. The summed E-state index contributed by atoms with van der Waals surface area (Å²) in [6, 6.07) is 2.18. The maximum Gasteiger partial charge on any atom is 0.0589 e. The third-order valence-corrected chi connectivity index (χ3v) is 2.38. The Morgan fingerprint density at radius 2 is 2.38 bits per heavy atom. The Kier molecular flexibility index (Phi) is 2.29. The number of hydrogen-bond donors (Lipinski definition) is 1. The molecule has 0 unspecified atom stereocenters. The molecule has 1 aliphatic rings. The van der Waals surface area contributed by atoms with Gasteiger partial charge in [0.25, 0.3) is 0 Å². The van der Waals surface area contributed by atoms with Crippen molar-refractivity contribution in [3.05, 3.63) is 29.1 Å². The summed E-state index contributed by atoms with van der Waals surface area (Å²) < 4.78 is 0.